The number of thiazole rings is 1. The van der Waals surface area contributed by atoms with Crippen LogP contribution in [-0.2, 0) is 0 Å². The Hall–Kier alpha value is -1.84. The van der Waals surface area contributed by atoms with E-state index < -0.39 is 0 Å². The summed E-state index contributed by atoms with van der Waals surface area (Å²) in [6, 6.07) is 17.0. The van der Waals surface area contributed by atoms with Crippen LogP contribution in [0.2, 0.25) is 5.02 Å². The fourth-order valence-corrected chi connectivity index (χ4v) is 4.40. The highest BCUT2D eigenvalue weighted by Gasteiger charge is 2.38. The molecule has 0 aliphatic carbocycles. The molecule has 4 rings (SSSR count). The number of fused-ring (bicyclic) bond motifs is 2. The van der Waals surface area contributed by atoms with Gasteiger partial charge >= 0.3 is 5.13 Å². The fourth-order valence-electron chi connectivity index (χ4n) is 3.21. The molecule has 2 heterocycles. The minimum atomic E-state index is 0.173. The van der Waals surface area contributed by atoms with E-state index in [1.807, 2.05) is 6.07 Å². The first-order valence-electron chi connectivity index (χ1n) is 7.24. The van der Waals surface area contributed by atoms with Crippen molar-refractivity contribution >= 4 is 33.8 Å². The molecular formula is C18H16ClN2S+. The first-order chi connectivity index (χ1) is 10.7. The summed E-state index contributed by atoms with van der Waals surface area (Å²) in [5.74, 6) is 0. The van der Waals surface area contributed by atoms with E-state index in [1.165, 1.54) is 27.6 Å². The molecule has 0 saturated heterocycles. The Morgan fingerprint density at radius 3 is 2.68 bits per heavy atom. The minimum Gasteiger partial charge on any atom is -0.220 e. The number of aromatic nitrogens is 1. The average Bonchev–Trinajstić information content (AvgIpc) is 2.91. The summed E-state index contributed by atoms with van der Waals surface area (Å²) in [6.45, 7) is 2.17. The van der Waals surface area contributed by atoms with Crippen LogP contribution in [0.1, 0.15) is 22.9 Å². The van der Waals surface area contributed by atoms with E-state index in [-0.39, 0.29) is 6.04 Å². The molecule has 1 aliphatic rings. The lowest BCUT2D eigenvalue weighted by Gasteiger charge is -2.28. The maximum atomic E-state index is 6.29. The second-order valence-electron chi connectivity index (χ2n) is 5.61. The van der Waals surface area contributed by atoms with Gasteiger partial charge in [0.15, 0.2) is 6.04 Å². The first kappa shape index (κ1) is 13.8. The number of rotatable bonds is 1. The molecule has 0 spiro atoms. The van der Waals surface area contributed by atoms with E-state index >= 15 is 0 Å². The molecule has 1 aliphatic heterocycles. The SMILES string of the molecule is Cc1csc2[n+]1[C@@H](c1ccccc1)c1cc(Cl)ccc1N2C. The molecule has 3 aromatic rings. The highest BCUT2D eigenvalue weighted by Crippen LogP contribution is 2.41. The summed E-state index contributed by atoms with van der Waals surface area (Å²) in [4.78, 5) is 2.25. The van der Waals surface area contributed by atoms with Gasteiger partial charge in [-0.2, -0.15) is 0 Å². The van der Waals surface area contributed by atoms with Crippen LogP contribution in [0.15, 0.2) is 53.9 Å². The molecule has 0 fully saturated rings. The van der Waals surface area contributed by atoms with Crippen molar-refractivity contribution in [2.24, 2.45) is 0 Å². The van der Waals surface area contributed by atoms with E-state index in [0.717, 1.165) is 5.02 Å². The van der Waals surface area contributed by atoms with E-state index in [4.69, 9.17) is 11.6 Å². The van der Waals surface area contributed by atoms with Gasteiger partial charge in [-0.05, 0) is 25.1 Å². The molecule has 22 heavy (non-hydrogen) atoms. The molecule has 1 atom stereocenters. The predicted octanol–water partition coefficient (Wildman–Crippen LogP) is 4.72. The van der Waals surface area contributed by atoms with Crippen LogP contribution in [-0.4, -0.2) is 7.05 Å². The maximum Gasteiger partial charge on any atom is 0.341 e. The fraction of sp³-hybridized carbons (Fsp3) is 0.167. The quantitative estimate of drug-likeness (QED) is 0.587. The third kappa shape index (κ3) is 1.97. The number of anilines is 2. The van der Waals surface area contributed by atoms with Crippen molar-refractivity contribution in [2.75, 3.05) is 11.9 Å². The van der Waals surface area contributed by atoms with Gasteiger partial charge < -0.3 is 0 Å². The Bertz CT molecular complexity index is 842. The second-order valence-corrected chi connectivity index (χ2v) is 6.88. The summed E-state index contributed by atoms with van der Waals surface area (Å²) < 4.78 is 2.40. The normalized spacial score (nSPS) is 16.3. The topological polar surface area (TPSA) is 7.12 Å². The highest BCUT2D eigenvalue weighted by molar-refractivity contribution is 7.13. The average molecular weight is 328 g/mol. The van der Waals surface area contributed by atoms with Crippen molar-refractivity contribution in [1.82, 2.24) is 0 Å². The van der Waals surface area contributed by atoms with Crippen LogP contribution < -0.4 is 9.47 Å². The number of hydrogen-bond acceptors (Lipinski definition) is 2. The predicted molar refractivity (Wildman–Crippen MR) is 92.4 cm³/mol. The minimum absolute atomic E-state index is 0.173. The van der Waals surface area contributed by atoms with Crippen LogP contribution in [0.3, 0.4) is 0 Å². The van der Waals surface area contributed by atoms with Crippen molar-refractivity contribution in [3.63, 3.8) is 0 Å². The molecule has 2 nitrogen and oxygen atoms in total. The lowest BCUT2D eigenvalue weighted by atomic mass is 9.95. The van der Waals surface area contributed by atoms with Gasteiger partial charge in [-0.3, -0.25) is 0 Å². The lowest BCUT2D eigenvalue weighted by molar-refractivity contribution is -0.695. The van der Waals surface area contributed by atoms with Gasteiger partial charge in [-0.25, -0.2) is 9.47 Å². The lowest BCUT2D eigenvalue weighted by Crippen LogP contribution is -2.48. The highest BCUT2D eigenvalue weighted by atomic mass is 35.5. The summed E-state index contributed by atoms with van der Waals surface area (Å²) >= 11 is 8.07. The van der Waals surface area contributed by atoms with Crippen LogP contribution in [0.25, 0.3) is 0 Å². The number of aryl methyl sites for hydroxylation is 1. The van der Waals surface area contributed by atoms with E-state index in [9.17, 15) is 0 Å². The zero-order valence-electron chi connectivity index (χ0n) is 12.5. The Balaban J connectivity index is 2.03. The van der Waals surface area contributed by atoms with Crippen molar-refractivity contribution in [2.45, 2.75) is 13.0 Å². The van der Waals surface area contributed by atoms with Crippen molar-refractivity contribution in [1.29, 1.82) is 0 Å². The van der Waals surface area contributed by atoms with E-state index in [2.05, 4.69) is 71.3 Å². The summed E-state index contributed by atoms with van der Waals surface area (Å²) in [5, 5.41) is 4.25. The molecule has 0 amide bonds. The molecule has 0 saturated carbocycles. The van der Waals surface area contributed by atoms with Gasteiger partial charge in [-0.15, -0.1) is 0 Å². The van der Waals surface area contributed by atoms with Crippen molar-refractivity contribution in [3.8, 4) is 0 Å². The van der Waals surface area contributed by atoms with Gasteiger partial charge in [0, 0.05) is 21.5 Å². The third-order valence-corrected chi connectivity index (χ3v) is 5.60. The zero-order chi connectivity index (χ0) is 15.3. The third-order valence-electron chi connectivity index (χ3n) is 4.23. The summed E-state index contributed by atoms with van der Waals surface area (Å²) in [5.41, 5.74) is 5.03. The summed E-state index contributed by atoms with van der Waals surface area (Å²) in [7, 11) is 2.12. The Labute approximate surface area is 139 Å². The molecule has 0 bridgehead atoms. The molecule has 0 radical (unpaired) electrons. The van der Waals surface area contributed by atoms with E-state index in [0.29, 0.717) is 0 Å². The van der Waals surface area contributed by atoms with Gasteiger partial charge in [-0.1, -0.05) is 53.3 Å². The summed E-state index contributed by atoms with van der Waals surface area (Å²) in [6.07, 6.45) is 0. The smallest absolute Gasteiger partial charge is 0.220 e. The van der Waals surface area contributed by atoms with E-state index in [1.54, 1.807) is 11.3 Å². The molecule has 0 N–H and O–H groups in total. The molecule has 4 heteroatoms. The monoisotopic (exact) mass is 327 g/mol. The standard InChI is InChI=1S/C18H16ClN2S/c1-12-11-22-18-20(2)16-9-8-14(19)10-15(16)17(21(12)18)13-6-4-3-5-7-13/h3-11,17H,1-2H3/q+1/t17-/m0/s1. The zero-order valence-corrected chi connectivity index (χ0v) is 14.0. The van der Waals surface area contributed by atoms with Gasteiger partial charge in [0.25, 0.3) is 0 Å². The first-order valence-corrected chi connectivity index (χ1v) is 8.50. The largest absolute Gasteiger partial charge is 0.341 e. The Kier molecular flexibility index (Phi) is 3.21. The van der Waals surface area contributed by atoms with Gasteiger partial charge in [0.05, 0.1) is 7.05 Å². The van der Waals surface area contributed by atoms with Crippen LogP contribution >= 0.6 is 22.9 Å². The number of nitrogens with zero attached hydrogens (tertiary/aromatic N) is 2. The molecule has 0 unspecified atom stereocenters. The van der Waals surface area contributed by atoms with Crippen LogP contribution in [0.4, 0.5) is 10.8 Å². The molecule has 2 aromatic carbocycles. The maximum absolute atomic E-state index is 6.29. The second kappa shape index (κ2) is 5.11. The Morgan fingerprint density at radius 1 is 1.14 bits per heavy atom. The van der Waals surface area contributed by atoms with Gasteiger partial charge in [0.2, 0.25) is 0 Å². The van der Waals surface area contributed by atoms with Crippen molar-refractivity contribution < 1.29 is 4.57 Å². The van der Waals surface area contributed by atoms with Crippen LogP contribution in [0, 0.1) is 6.92 Å². The van der Waals surface area contributed by atoms with Gasteiger partial charge in [0.1, 0.15) is 11.4 Å². The number of halogens is 1. The molecule has 1 aromatic heterocycles. The molecule has 110 valence electrons. The Morgan fingerprint density at radius 2 is 1.91 bits per heavy atom. The number of hydrogen-bond donors (Lipinski definition) is 0. The van der Waals surface area contributed by atoms with Crippen molar-refractivity contribution in [3.05, 3.63) is 75.8 Å². The number of benzene rings is 2. The van der Waals surface area contributed by atoms with Crippen LogP contribution in [0.5, 0.6) is 0 Å². The molecular weight excluding hydrogens is 312 g/mol.